The molecule has 9 aromatic rings. The lowest BCUT2D eigenvalue weighted by Gasteiger charge is -2.30. The van der Waals surface area contributed by atoms with Crippen molar-refractivity contribution in [2.75, 3.05) is 4.90 Å². The maximum Gasteiger partial charge on any atom is 0.0544 e. The van der Waals surface area contributed by atoms with Crippen molar-refractivity contribution >= 4 is 60.4 Å². The monoisotopic (exact) mass is 766 g/mol. The average molecular weight is 767 g/mol. The number of benzene rings is 8. The summed E-state index contributed by atoms with van der Waals surface area (Å²) in [6.45, 7) is 18.9. The van der Waals surface area contributed by atoms with Gasteiger partial charge >= 0.3 is 0 Å². The largest absolute Gasteiger partial charge is 0.309 e. The van der Waals surface area contributed by atoms with Gasteiger partial charge in [-0.1, -0.05) is 165 Å². The molecule has 10 rings (SSSR count). The lowest BCUT2D eigenvalue weighted by Crippen LogP contribution is -2.17. The van der Waals surface area contributed by atoms with E-state index in [-0.39, 0.29) is 16.2 Å². The predicted molar refractivity (Wildman–Crippen MR) is 255 cm³/mol. The van der Waals surface area contributed by atoms with Gasteiger partial charge in [0, 0.05) is 38.3 Å². The standard InChI is InChI=1S/C57H54N2/c1-9-55(3,4)39-25-29-47-48-30-26-40(56(5,6)10-2)34-54(48)59(53(47)33-39)42-28-32-46-45-31-27-41(35-49(45)57(7,8)50(46)36-42)58(51-23-15-19-37-17-11-13-21-43(37)51)52-24-16-20-38-18-12-14-22-44(38)52/h11-36H,9-10H2,1-8H3. The third-order valence-electron chi connectivity index (χ3n) is 14.3. The quantitative estimate of drug-likeness (QED) is 0.150. The second-order valence-electron chi connectivity index (χ2n) is 18.7. The molecule has 0 bridgehead atoms. The number of hydrogen-bond donors (Lipinski definition) is 0. The van der Waals surface area contributed by atoms with E-state index in [4.69, 9.17) is 0 Å². The molecular formula is C57H54N2. The lowest BCUT2D eigenvalue weighted by atomic mass is 9.81. The molecule has 0 aliphatic heterocycles. The van der Waals surface area contributed by atoms with Gasteiger partial charge in [0.25, 0.3) is 0 Å². The lowest BCUT2D eigenvalue weighted by molar-refractivity contribution is 0.507. The molecule has 0 saturated carbocycles. The number of fused-ring (bicyclic) bond motifs is 8. The smallest absolute Gasteiger partial charge is 0.0544 e. The van der Waals surface area contributed by atoms with Crippen molar-refractivity contribution in [1.82, 2.24) is 4.57 Å². The van der Waals surface area contributed by atoms with Crippen LogP contribution in [0.2, 0.25) is 0 Å². The van der Waals surface area contributed by atoms with Crippen molar-refractivity contribution in [2.24, 2.45) is 0 Å². The van der Waals surface area contributed by atoms with Crippen LogP contribution in [-0.4, -0.2) is 4.57 Å². The predicted octanol–water partition coefficient (Wildman–Crippen LogP) is 16.2. The fourth-order valence-corrected chi connectivity index (χ4v) is 9.75. The van der Waals surface area contributed by atoms with E-state index in [1.165, 1.54) is 93.8 Å². The Hall–Kier alpha value is -6.12. The third kappa shape index (κ3) is 5.75. The summed E-state index contributed by atoms with van der Waals surface area (Å²) in [5.74, 6) is 0. The van der Waals surface area contributed by atoms with Crippen LogP contribution in [0.5, 0.6) is 0 Å². The molecule has 0 saturated heterocycles. The molecule has 1 aliphatic rings. The average Bonchev–Trinajstić information content (AvgIpc) is 3.70. The van der Waals surface area contributed by atoms with Gasteiger partial charge in [-0.2, -0.15) is 0 Å². The Morgan fingerprint density at radius 3 is 1.47 bits per heavy atom. The number of rotatable bonds is 8. The number of hydrogen-bond acceptors (Lipinski definition) is 1. The molecule has 59 heavy (non-hydrogen) atoms. The minimum atomic E-state index is -0.233. The number of aromatic nitrogens is 1. The van der Waals surface area contributed by atoms with Crippen molar-refractivity contribution in [3.05, 3.63) is 180 Å². The molecule has 1 aromatic heterocycles. The highest BCUT2D eigenvalue weighted by molar-refractivity contribution is 6.10. The summed E-state index contributed by atoms with van der Waals surface area (Å²) < 4.78 is 2.56. The summed E-state index contributed by atoms with van der Waals surface area (Å²) in [6, 6.07) is 59.7. The molecule has 1 heterocycles. The van der Waals surface area contributed by atoms with Crippen molar-refractivity contribution in [1.29, 1.82) is 0 Å². The normalized spacial score (nSPS) is 13.7. The van der Waals surface area contributed by atoms with Crippen molar-refractivity contribution in [3.8, 4) is 16.8 Å². The van der Waals surface area contributed by atoms with Gasteiger partial charge < -0.3 is 9.47 Å². The summed E-state index contributed by atoms with van der Waals surface area (Å²) >= 11 is 0. The van der Waals surface area contributed by atoms with E-state index in [2.05, 4.69) is 223 Å². The maximum absolute atomic E-state index is 2.56. The summed E-state index contributed by atoms with van der Waals surface area (Å²) in [7, 11) is 0. The first-order valence-electron chi connectivity index (χ1n) is 21.6. The highest BCUT2D eigenvalue weighted by Gasteiger charge is 2.37. The second-order valence-corrected chi connectivity index (χ2v) is 18.7. The van der Waals surface area contributed by atoms with Crippen LogP contribution in [0.3, 0.4) is 0 Å². The topological polar surface area (TPSA) is 8.17 Å². The van der Waals surface area contributed by atoms with Gasteiger partial charge in [-0.3, -0.25) is 0 Å². The highest BCUT2D eigenvalue weighted by atomic mass is 15.1. The molecule has 0 radical (unpaired) electrons. The van der Waals surface area contributed by atoms with Gasteiger partial charge in [-0.05, 0) is 116 Å². The van der Waals surface area contributed by atoms with Gasteiger partial charge in [-0.25, -0.2) is 0 Å². The summed E-state index contributed by atoms with van der Waals surface area (Å²) in [5, 5.41) is 7.56. The van der Waals surface area contributed by atoms with Gasteiger partial charge in [-0.15, -0.1) is 0 Å². The maximum atomic E-state index is 2.56. The Morgan fingerprint density at radius 1 is 0.475 bits per heavy atom. The van der Waals surface area contributed by atoms with E-state index in [0.717, 1.165) is 18.5 Å². The van der Waals surface area contributed by atoms with Crippen molar-refractivity contribution in [3.63, 3.8) is 0 Å². The van der Waals surface area contributed by atoms with E-state index >= 15 is 0 Å². The molecule has 1 aliphatic carbocycles. The van der Waals surface area contributed by atoms with Crippen LogP contribution in [0.1, 0.15) is 90.5 Å². The van der Waals surface area contributed by atoms with Crippen LogP contribution in [0.15, 0.2) is 158 Å². The van der Waals surface area contributed by atoms with Crippen LogP contribution in [-0.2, 0) is 16.2 Å². The summed E-state index contributed by atoms with van der Waals surface area (Å²) in [4.78, 5) is 2.48. The molecule has 292 valence electrons. The molecular weight excluding hydrogens is 713 g/mol. The highest BCUT2D eigenvalue weighted by Crippen LogP contribution is 2.52. The minimum absolute atomic E-state index is 0.0794. The summed E-state index contributed by atoms with van der Waals surface area (Å²) in [6.07, 6.45) is 2.17. The molecule has 0 amide bonds. The molecule has 2 heteroatoms. The zero-order valence-electron chi connectivity index (χ0n) is 35.8. The molecule has 0 N–H and O–H groups in total. The second kappa shape index (κ2) is 13.5. The van der Waals surface area contributed by atoms with Gasteiger partial charge in [0.15, 0.2) is 0 Å². The molecule has 2 nitrogen and oxygen atoms in total. The van der Waals surface area contributed by atoms with Crippen LogP contribution < -0.4 is 4.90 Å². The first kappa shape index (κ1) is 37.2. The Kier molecular flexibility index (Phi) is 8.48. The number of anilines is 3. The zero-order valence-corrected chi connectivity index (χ0v) is 35.8. The molecule has 0 spiro atoms. The van der Waals surface area contributed by atoms with E-state index in [1.54, 1.807) is 0 Å². The van der Waals surface area contributed by atoms with E-state index in [1.807, 2.05) is 0 Å². The molecule has 0 fully saturated rings. The Morgan fingerprint density at radius 2 is 0.949 bits per heavy atom. The number of nitrogens with zero attached hydrogens (tertiary/aromatic N) is 2. The van der Waals surface area contributed by atoms with Gasteiger partial charge in [0.1, 0.15) is 0 Å². The SMILES string of the molecule is CCC(C)(C)c1ccc2c3ccc(C(C)(C)CC)cc3n(-c3ccc4c(c3)C(C)(C)c3cc(N(c5cccc6ccccc56)c5cccc6ccccc56)ccc3-4)c2c1. The first-order valence-corrected chi connectivity index (χ1v) is 21.6. The third-order valence-corrected chi connectivity index (χ3v) is 14.3. The minimum Gasteiger partial charge on any atom is -0.309 e. The van der Waals surface area contributed by atoms with Crippen molar-refractivity contribution < 1.29 is 0 Å². The van der Waals surface area contributed by atoms with E-state index < -0.39 is 0 Å². The van der Waals surface area contributed by atoms with E-state index in [9.17, 15) is 0 Å². The van der Waals surface area contributed by atoms with E-state index in [0.29, 0.717) is 0 Å². The Balaban J connectivity index is 1.16. The zero-order chi connectivity index (χ0) is 40.8. The Labute approximate surface area is 349 Å². The van der Waals surface area contributed by atoms with Crippen LogP contribution >= 0.6 is 0 Å². The summed E-state index contributed by atoms with van der Waals surface area (Å²) in [5.41, 5.74) is 15.4. The van der Waals surface area contributed by atoms with Crippen LogP contribution in [0.25, 0.3) is 60.2 Å². The Bertz CT molecular complexity index is 2950. The molecule has 0 unspecified atom stereocenters. The fraction of sp³-hybridized carbons (Fsp3) is 0.228. The van der Waals surface area contributed by atoms with Crippen LogP contribution in [0, 0.1) is 0 Å². The van der Waals surface area contributed by atoms with Gasteiger partial charge in [0.2, 0.25) is 0 Å². The van der Waals surface area contributed by atoms with Gasteiger partial charge in [0.05, 0.1) is 22.4 Å². The molecule has 8 aromatic carbocycles. The fourth-order valence-electron chi connectivity index (χ4n) is 9.75. The van der Waals surface area contributed by atoms with Crippen molar-refractivity contribution in [2.45, 2.75) is 84.5 Å². The first-order chi connectivity index (χ1) is 28.4. The molecule has 0 atom stereocenters. The van der Waals surface area contributed by atoms with Crippen LogP contribution in [0.4, 0.5) is 17.1 Å².